The topological polar surface area (TPSA) is 68.3 Å². The fourth-order valence-electron chi connectivity index (χ4n) is 3.82. The highest BCUT2D eigenvalue weighted by molar-refractivity contribution is 5.90. The van der Waals surface area contributed by atoms with Crippen molar-refractivity contribution in [2.75, 3.05) is 37.9 Å². The summed E-state index contributed by atoms with van der Waals surface area (Å²) < 4.78 is 11.4. The number of nitrogens with zero attached hydrogens (tertiary/aromatic N) is 2. The summed E-state index contributed by atoms with van der Waals surface area (Å²) >= 11 is 0. The molecular formula is C20H28N4O2. The molecule has 6 nitrogen and oxygen atoms in total. The number of hydrogen-bond acceptors (Lipinski definition) is 6. The van der Waals surface area contributed by atoms with E-state index in [1.165, 1.54) is 12.8 Å². The van der Waals surface area contributed by atoms with Crippen molar-refractivity contribution in [3.05, 3.63) is 24.3 Å². The SMILES string of the molecule is COC1(CNc2nc(NCC3(OC)CCC3)c3ccccc3n2)CCC1. The summed E-state index contributed by atoms with van der Waals surface area (Å²) in [5.74, 6) is 1.51. The van der Waals surface area contributed by atoms with E-state index in [4.69, 9.17) is 14.5 Å². The molecule has 1 aromatic heterocycles. The minimum atomic E-state index is -0.0609. The fourth-order valence-corrected chi connectivity index (χ4v) is 3.82. The lowest BCUT2D eigenvalue weighted by atomic mass is 9.80. The van der Waals surface area contributed by atoms with E-state index in [0.717, 1.165) is 55.5 Å². The molecule has 2 aromatic rings. The largest absolute Gasteiger partial charge is 0.376 e. The smallest absolute Gasteiger partial charge is 0.225 e. The second kappa shape index (κ2) is 7.00. The monoisotopic (exact) mass is 356 g/mol. The maximum atomic E-state index is 5.73. The van der Waals surface area contributed by atoms with Gasteiger partial charge in [-0.25, -0.2) is 4.98 Å². The summed E-state index contributed by atoms with van der Waals surface area (Å²) in [6.45, 7) is 1.51. The van der Waals surface area contributed by atoms with Gasteiger partial charge in [0.1, 0.15) is 5.82 Å². The van der Waals surface area contributed by atoms with Gasteiger partial charge in [0.2, 0.25) is 5.95 Å². The molecule has 0 atom stereocenters. The number of rotatable bonds is 8. The normalized spacial score (nSPS) is 20.2. The van der Waals surface area contributed by atoms with Crippen LogP contribution in [-0.2, 0) is 9.47 Å². The summed E-state index contributed by atoms with van der Waals surface area (Å²) in [4.78, 5) is 9.43. The Morgan fingerprint density at radius 1 is 0.885 bits per heavy atom. The average Bonchev–Trinajstić information content (AvgIpc) is 2.60. The van der Waals surface area contributed by atoms with Gasteiger partial charge < -0.3 is 20.1 Å². The molecule has 0 spiro atoms. The van der Waals surface area contributed by atoms with Crippen molar-refractivity contribution in [1.29, 1.82) is 0 Å². The molecule has 2 N–H and O–H groups in total. The first-order valence-electron chi connectivity index (χ1n) is 9.52. The van der Waals surface area contributed by atoms with Crippen molar-refractivity contribution in [1.82, 2.24) is 9.97 Å². The maximum absolute atomic E-state index is 5.73. The predicted octanol–water partition coefficient (Wildman–Crippen LogP) is 3.59. The number of nitrogens with one attached hydrogen (secondary N) is 2. The van der Waals surface area contributed by atoms with Crippen LogP contribution in [0.2, 0.25) is 0 Å². The average molecular weight is 356 g/mol. The molecule has 140 valence electrons. The molecule has 0 saturated heterocycles. The summed E-state index contributed by atoms with van der Waals surface area (Å²) in [7, 11) is 3.59. The minimum absolute atomic E-state index is 0.0499. The Hall–Kier alpha value is -1.92. The highest BCUT2D eigenvalue weighted by Crippen LogP contribution is 2.36. The van der Waals surface area contributed by atoms with Gasteiger partial charge in [0.15, 0.2) is 0 Å². The first-order chi connectivity index (χ1) is 12.7. The van der Waals surface area contributed by atoms with Crippen LogP contribution in [0.25, 0.3) is 10.9 Å². The van der Waals surface area contributed by atoms with Gasteiger partial charge >= 0.3 is 0 Å². The van der Waals surface area contributed by atoms with E-state index in [1.54, 1.807) is 14.2 Å². The van der Waals surface area contributed by atoms with Crippen molar-refractivity contribution in [2.45, 2.75) is 49.7 Å². The van der Waals surface area contributed by atoms with E-state index >= 15 is 0 Å². The molecule has 0 amide bonds. The fraction of sp³-hybridized carbons (Fsp3) is 0.600. The van der Waals surface area contributed by atoms with Gasteiger partial charge in [-0.1, -0.05) is 12.1 Å². The van der Waals surface area contributed by atoms with Gasteiger partial charge in [-0.15, -0.1) is 0 Å². The van der Waals surface area contributed by atoms with Gasteiger partial charge in [0, 0.05) is 32.7 Å². The first kappa shape index (κ1) is 17.5. The zero-order valence-corrected chi connectivity index (χ0v) is 15.7. The summed E-state index contributed by atoms with van der Waals surface area (Å²) in [6.07, 6.45) is 6.82. The number of hydrogen-bond donors (Lipinski definition) is 2. The van der Waals surface area contributed by atoms with Gasteiger partial charge in [-0.05, 0) is 50.7 Å². The minimum Gasteiger partial charge on any atom is -0.376 e. The third-order valence-electron chi connectivity index (χ3n) is 6.15. The van der Waals surface area contributed by atoms with E-state index in [0.29, 0.717) is 5.95 Å². The molecule has 2 aliphatic rings. The number of methoxy groups -OCH3 is 2. The number of fused-ring (bicyclic) bond motifs is 1. The number of anilines is 2. The third kappa shape index (κ3) is 3.23. The molecule has 1 heterocycles. The lowest BCUT2D eigenvalue weighted by Gasteiger charge is -2.41. The van der Waals surface area contributed by atoms with E-state index in [2.05, 4.69) is 21.7 Å². The van der Waals surface area contributed by atoms with Crippen molar-refractivity contribution in [3.63, 3.8) is 0 Å². The zero-order chi connectivity index (χ0) is 18.0. The van der Waals surface area contributed by atoms with E-state index in [9.17, 15) is 0 Å². The van der Waals surface area contributed by atoms with E-state index in [1.807, 2.05) is 18.2 Å². The summed E-state index contributed by atoms with van der Waals surface area (Å²) in [5, 5.41) is 7.94. The third-order valence-corrected chi connectivity index (χ3v) is 6.15. The Morgan fingerprint density at radius 2 is 1.50 bits per heavy atom. The second-order valence-electron chi connectivity index (χ2n) is 7.60. The molecule has 2 aliphatic carbocycles. The lowest BCUT2D eigenvalue weighted by Crippen LogP contribution is -2.46. The molecule has 2 saturated carbocycles. The second-order valence-corrected chi connectivity index (χ2v) is 7.60. The van der Waals surface area contributed by atoms with Crippen LogP contribution in [0, 0.1) is 0 Å². The Bertz CT molecular complexity index is 760. The molecular weight excluding hydrogens is 328 g/mol. The molecule has 0 bridgehead atoms. The molecule has 26 heavy (non-hydrogen) atoms. The molecule has 6 heteroatoms. The standard InChI is InChI=1S/C20H28N4O2/c1-25-19(9-5-10-19)13-21-17-15-7-3-4-8-16(15)23-18(24-17)22-14-20(26-2)11-6-12-20/h3-4,7-8H,5-6,9-14H2,1-2H3,(H2,21,22,23,24). The van der Waals surface area contributed by atoms with Crippen LogP contribution in [0.1, 0.15) is 38.5 Å². The number of aromatic nitrogens is 2. The first-order valence-corrected chi connectivity index (χ1v) is 9.52. The maximum Gasteiger partial charge on any atom is 0.225 e. The van der Waals surface area contributed by atoms with Crippen LogP contribution in [-0.4, -0.2) is 48.5 Å². The highest BCUT2D eigenvalue weighted by Gasteiger charge is 2.38. The number of benzene rings is 1. The van der Waals surface area contributed by atoms with Gasteiger partial charge in [0.05, 0.1) is 16.7 Å². The molecule has 0 radical (unpaired) electrons. The summed E-state index contributed by atoms with van der Waals surface area (Å²) in [6, 6.07) is 8.12. The van der Waals surface area contributed by atoms with Gasteiger partial charge in [0.25, 0.3) is 0 Å². The summed E-state index contributed by atoms with van der Waals surface area (Å²) in [5.41, 5.74) is 0.827. The lowest BCUT2D eigenvalue weighted by molar-refractivity contribution is -0.0602. The van der Waals surface area contributed by atoms with Gasteiger partial charge in [-0.2, -0.15) is 4.98 Å². The van der Waals surface area contributed by atoms with Crippen LogP contribution in [0.4, 0.5) is 11.8 Å². The molecule has 2 fully saturated rings. The van der Waals surface area contributed by atoms with E-state index < -0.39 is 0 Å². The Kier molecular flexibility index (Phi) is 4.71. The van der Waals surface area contributed by atoms with Crippen molar-refractivity contribution in [2.24, 2.45) is 0 Å². The van der Waals surface area contributed by atoms with Crippen LogP contribution in [0.15, 0.2) is 24.3 Å². The quantitative estimate of drug-likeness (QED) is 0.753. The Balaban J connectivity index is 1.54. The van der Waals surface area contributed by atoms with Crippen molar-refractivity contribution in [3.8, 4) is 0 Å². The Labute approximate surface area is 154 Å². The predicted molar refractivity (Wildman–Crippen MR) is 104 cm³/mol. The van der Waals surface area contributed by atoms with Crippen LogP contribution < -0.4 is 10.6 Å². The molecule has 0 unspecified atom stereocenters. The van der Waals surface area contributed by atoms with Crippen LogP contribution >= 0.6 is 0 Å². The zero-order valence-electron chi connectivity index (χ0n) is 15.7. The van der Waals surface area contributed by atoms with Crippen LogP contribution in [0.5, 0.6) is 0 Å². The van der Waals surface area contributed by atoms with E-state index in [-0.39, 0.29) is 11.2 Å². The Morgan fingerprint density at radius 3 is 2.08 bits per heavy atom. The van der Waals surface area contributed by atoms with Crippen molar-refractivity contribution >= 4 is 22.7 Å². The molecule has 1 aromatic carbocycles. The van der Waals surface area contributed by atoms with Crippen LogP contribution in [0.3, 0.4) is 0 Å². The number of para-hydroxylation sites is 1. The van der Waals surface area contributed by atoms with Crippen molar-refractivity contribution < 1.29 is 9.47 Å². The van der Waals surface area contributed by atoms with Gasteiger partial charge in [-0.3, -0.25) is 0 Å². The number of ether oxygens (including phenoxy) is 2. The molecule has 4 rings (SSSR count). The highest BCUT2D eigenvalue weighted by atomic mass is 16.5. The molecule has 0 aliphatic heterocycles.